The smallest absolute Gasteiger partial charge is 0.407 e. The van der Waals surface area contributed by atoms with Crippen molar-refractivity contribution in [3.05, 3.63) is 34.6 Å². The molecule has 1 aromatic carbocycles. The summed E-state index contributed by atoms with van der Waals surface area (Å²) in [5.74, 6) is -0.506. The molecule has 0 atom stereocenters. The van der Waals surface area contributed by atoms with Crippen molar-refractivity contribution in [2.24, 2.45) is 0 Å². The highest BCUT2D eigenvalue weighted by atomic mass is 19.1. The maximum Gasteiger partial charge on any atom is 0.407 e. The zero-order valence-electron chi connectivity index (χ0n) is 8.44. The number of amides is 1. The van der Waals surface area contributed by atoms with E-state index in [-0.39, 0.29) is 6.54 Å². The Morgan fingerprint density at radius 1 is 1.50 bits per heavy atom. The summed E-state index contributed by atoms with van der Waals surface area (Å²) in [6.07, 6.45) is 0.0384. The maximum atomic E-state index is 13.1. The molecule has 16 heavy (non-hydrogen) atoms. The second-order valence-corrected chi connectivity index (χ2v) is 3.70. The van der Waals surface area contributed by atoms with Crippen molar-refractivity contribution in [2.75, 3.05) is 6.54 Å². The Hall–Kier alpha value is -1.91. The number of hydrogen-bond acceptors (Lipinski definition) is 2. The van der Waals surface area contributed by atoms with E-state index in [1.807, 2.05) is 0 Å². The first-order valence-electron chi connectivity index (χ1n) is 4.86. The Bertz CT molecular complexity index is 459. The van der Waals surface area contributed by atoms with Crippen molar-refractivity contribution in [3.63, 3.8) is 0 Å². The fourth-order valence-electron chi connectivity index (χ4n) is 1.96. The molecule has 0 unspecified atom stereocenters. The van der Waals surface area contributed by atoms with Crippen molar-refractivity contribution < 1.29 is 19.1 Å². The lowest BCUT2D eigenvalue weighted by Gasteiger charge is -2.27. The van der Waals surface area contributed by atoms with Gasteiger partial charge in [-0.15, -0.1) is 0 Å². The van der Waals surface area contributed by atoms with E-state index in [4.69, 9.17) is 5.11 Å². The monoisotopic (exact) mass is 223 g/mol. The van der Waals surface area contributed by atoms with Gasteiger partial charge in [0, 0.05) is 18.7 Å². The van der Waals surface area contributed by atoms with Gasteiger partial charge < -0.3 is 10.0 Å². The van der Waals surface area contributed by atoms with Crippen LogP contribution in [0, 0.1) is 5.82 Å². The predicted octanol–water partition coefficient (Wildman–Crippen LogP) is 1.67. The number of halogens is 1. The van der Waals surface area contributed by atoms with Crippen LogP contribution in [-0.2, 0) is 13.0 Å². The number of nitrogens with zero attached hydrogens (tertiary/aromatic N) is 1. The topological polar surface area (TPSA) is 57.6 Å². The highest BCUT2D eigenvalue weighted by Gasteiger charge is 2.22. The van der Waals surface area contributed by atoms with Crippen LogP contribution in [0.15, 0.2) is 12.1 Å². The van der Waals surface area contributed by atoms with E-state index in [0.717, 1.165) is 5.56 Å². The Morgan fingerprint density at radius 3 is 2.88 bits per heavy atom. The number of hydrogen-bond donors (Lipinski definition) is 1. The highest BCUT2D eigenvalue weighted by Crippen LogP contribution is 2.23. The molecule has 0 fully saturated rings. The van der Waals surface area contributed by atoms with Gasteiger partial charge in [0.15, 0.2) is 0 Å². The first-order chi connectivity index (χ1) is 7.61. The van der Waals surface area contributed by atoms with E-state index in [9.17, 15) is 14.0 Å². The number of carboxylic acid groups (broad SMARTS) is 1. The largest absolute Gasteiger partial charge is 0.465 e. The molecular weight excluding hydrogens is 213 g/mol. The van der Waals surface area contributed by atoms with Gasteiger partial charge in [-0.1, -0.05) is 0 Å². The summed E-state index contributed by atoms with van der Waals surface area (Å²) in [7, 11) is 0. The van der Waals surface area contributed by atoms with E-state index in [1.165, 1.54) is 17.0 Å². The minimum Gasteiger partial charge on any atom is -0.465 e. The lowest BCUT2D eigenvalue weighted by Crippen LogP contribution is -2.35. The Labute approximate surface area is 91.3 Å². The molecule has 0 bridgehead atoms. The number of benzene rings is 1. The molecule has 1 aliphatic heterocycles. The van der Waals surface area contributed by atoms with Crippen molar-refractivity contribution in [2.45, 2.75) is 13.0 Å². The van der Waals surface area contributed by atoms with Gasteiger partial charge in [0.1, 0.15) is 12.1 Å². The second kappa shape index (κ2) is 3.92. The zero-order chi connectivity index (χ0) is 11.7. The lowest BCUT2D eigenvalue weighted by molar-refractivity contribution is 0.112. The summed E-state index contributed by atoms with van der Waals surface area (Å²) >= 11 is 0. The number of carbonyl (C=O) groups is 2. The molecule has 1 aromatic rings. The maximum absolute atomic E-state index is 13.1. The lowest BCUT2D eigenvalue weighted by atomic mass is 9.95. The van der Waals surface area contributed by atoms with Gasteiger partial charge in [-0.3, -0.25) is 4.79 Å². The van der Waals surface area contributed by atoms with Crippen molar-refractivity contribution in [1.29, 1.82) is 0 Å². The average Bonchev–Trinajstić information content (AvgIpc) is 2.26. The molecule has 0 radical (unpaired) electrons. The molecule has 0 saturated carbocycles. The molecule has 0 aromatic heterocycles. The summed E-state index contributed by atoms with van der Waals surface area (Å²) in [4.78, 5) is 22.7. The van der Waals surface area contributed by atoms with Gasteiger partial charge in [-0.25, -0.2) is 9.18 Å². The zero-order valence-corrected chi connectivity index (χ0v) is 8.44. The van der Waals surface area contributed by atoms with Gasteiger partial charge >= 0.3 is 6.09 Å². The summed E-state index contributed by atoms with van der Waals surface area (Å²) in [5, 5.41) is 8.82. The third kappa shape index (κ3) is 1.76. The number of fused-ring (bicyclic) bond motifs is 1. The predicted molar refractivity (Wildman–Crippen MR) is 53.9 cm³/mol. The number of aldehydes is 1. The third-order valence-electron chi connectivity index (χ3n) is 2.73. The highest BCUT2D eigenvalue weighted by molar-refractivity contribution is 5.78. The van der Waals surface area contributed by atoms with E-state index in [2.05, 4.69) is 0 Å². The average molecular weight is 223 g/mol. The Morgan fingerprint density at radius 2 is 2.25 bits per heavy atom. The van der Waals surface area contributed by atoms with Gasteiger partial charge in [0.2, 0.25) is 0 Å². The summed E-state index contributed by atoms with van der Waals surface area (Å²) in [6.45, 7) is 0.484. The van der Waals surface area contributed by atoms with Crippen LogP contribution >= 0.6 is 0 Å². The molecule has 0 aliphatic carbocycles. The van der Waals surface area contributed by atoms with Crippen LogP contribution in [0.2, 0.25) is 0 Å². The Balaban J connectivity index is 2.42. The van der Waals surface area contributed by atoms with Crippen LogP contribution in [-0.4, -0.2) is 28.9 Å². The summed E-state index contributed by atoms with van der Waals surface area (Å²) < 4.78 is 13.1. The first kappa shape index (κ1) is 10.6. The van der Waals surface area contributed by atoms with Crippen LogP contribution < -0.4 is 0 Å². The van der Waals surface area contributed by atoms with Gasteiger partial charge in [0.25, 0.3) is 0 Å². The summed E-state index contributed by atoms with van der Waals surface area (Å²) in [5.41, 5.74) is 1.66. The third-order valence-corrected chi connectivity index (χ3v) is 2.73. The quantitative estimate of drug-likeness (QED) is 0.737. The van der Waals surface area contributed by atoms with E-state index in [0.29, 0.717) is 30.4 Å². The molecule has 5 heteroatoms. The molecule has 0 saturated heterocycles. The van der Waals surface area contributed by atoms with Crippen LogP contribution in [0.25, 0.3) is 0 Å². The molecule has 1 N–H and O–H groups in total. The molecule has 4 nitrogen and oxygen atoms in total. The molecule has 0 spiro atoms. The van der Waals surface area contributed by atoms with Gasteiger partial charge in [-0.05, 0) is 29.7 Å². The summed E-state index contributed by atoms with van der Waals surface area (Å²) in [6, 6.07) is 2.47. The van der Waals surface area contributed by atoms with Crippen LogP contribution in [0.4, 0.5) is 9.18 Å². The van der Waals surface area contributed by atoms with Crippen molar-refractivity contribution in [3.8, 4) is 0 Å². The van der Waals surface area contributed by atoms with Crippen LogP contribution in [0.1, 0.15) is 21.5 Å². The van der Waals surface area contributed by atoms with Crippen molar-refractivity contribution in [1.82, 2.24) is 4.90 Å². The van der Waals surface area contributed by atoms with Crippen molar-refractivity contribution >= 4 is 12.4 Å². The Kier molecular flexibility index (Phi) is 2.60. The molecule has 84 valence electrons. The van der Waals surface area contributed by atoms with Crippen LogP contribution in [0.5, 0.6) is 0 Å². The molecule has 2 rings (SSSR count). The number of carbonyl (C=O) groups excluding carboxylic acids is 1. The van der Waals surface area contributed by atoms with Crippen LogP contribution in [0.3, 0.4) is 0 Å². The first-order valence-corrected chi connectivity index (χ1v) is 4.86. The van der Waals surface area contributed by atoms with Gasteiger partial charge in [-0.2, -0.15) is 0 Å². The standard InChI is InChI=1S/C11H10FNO3/c12-9-3-7-5-13(11(15)16)2-1-10(7)8(4-9)6-14/h3-4,6H,1-2,5H2,(H,15,16). The molecule has 1 aliphatic rings. The number of rotatable bonds is 1. The fourth-order valence-corrected chi connectivity index (χ4v) is 1.96. The van der Waals surface area contributed by atoms with Gasteiger partial charge in [0.05, 0.1) is 0 Å². The fraction of sp³-hybridized carbons (Fsp3) is 0.273. The molecule has 1 heterocycles. The molecule has 1 amide bonds. The van der Waals surface area contributed by atoms with E-state index in [1.54, 1.807) is 0 Å². The minimum atomic E-state index is -1.03. The SMILES string of the molecule is O=Cc1cc(F)cc2c1CCN(C(=O)O)C2. The minimum absolute atomic E-state index is 0.142. The second-order valence-electron chi connectivity index (χ2n) is 3.70. The normalized spacial score (nSPS) is 14.4. The molecular formula is C11H10FNO3. The van der Waals surface area contributed by atoms with E-state index >= 15 is 0 Å². The van der Waals surface area contributed by atoms with E-state index < -0.39 is 11.9 Å².